The van der Waals surface area contributed by atoms with Crippen molar-refractivity contribution in [3.8, 4) is 0 Å². The first-order valence-electron chi connectivity index (χ1n) is 4.98. The van der Waals surface area contributed by atoms with Gasteiger partial charge in [-0.3, -0.25) is 14.9 Å². The number of hydrogen-bond donors (Lipinski definition) is 2. The molecule has 0 aliphatic carbocycles. The van der Waals surface area contributed by atoms with Gasteiger partial charge in [0.05, 0.1) is 6.54 Å². The monoisotopic (exact) mass is 232 g/mol. The number of rotatable bonds is 3. The first kappa shape index (κ1) is 11.1. The van der Waals surface area contributed by atoms with E-state index in [1.807, 2.05) is 0 Å². The van der Waals surface area contributed by atoms with Gasteiger partial charge in [0.2, 0.25) is 0 Å². The number of amides is 1. The topological polar surface area (TPSA) is 101 Å². The third kappa shape index (κ3) is 2.57. The first-order valence-corrected chi connectivity index (χ1v) is 4.98. The number of nitrogens with zero attached hydrogens (tertiary/aromatic N) is 4. The zero-order chi connectivity index (χ0) is 12.3. The van der Waals surface area contributed by atoms with E-state index < -0.39 is 0 Å². The maximum atomic E-state index is 12.0. The van der Waals surface area contributed by atoms with Crippen LogP contribution < -0.4 is 5.73 Å². The van der Waals surface area contributed by atoms with E-state index in [4.69, 9.17) is 5.73 Å². The summed E-state index contributed by atoms with van der Waals surface area (Å²) in [6, 6.07) is 3.17. The summed E-state index contributed by atoms with van der Waals surface area (Å²) in [6.07, 6.45) is 2.90. The minimum absolute atomic E-state index is 0.214. The molecule has 0 saturated heterocycles. The van der Waals surface area contributed by atoms with Crippen LogP contribution in [0.4, 0.5) is 5.69 Å². The summed E-state index contributed by atoms with van der Waals surface area (Å²) in [5, 5.41) is 6.40. The number of pyridine rings is 1. The summed E-state index contributed by atoms with van der Waals surface area (Å²) in [4.78, 5) is 21.4. The van der Waals surface area contributed by atoms with E-state index in [1.165, 1.54) is 17.4 Å². The van der Waals surface area contributed by atoms with Crippen LogP contribution in [0.5, 0.6) is 0 Å². The Morgan fingerprint density at radius 1 is 1.53 bits per heavy atom. The number of aromatic nitrogens is 4. The minimum Gasteiger partial charge on any atom is -0.399 e. The number of nitrogens with two attached hydrogens (primary N) is 1. The van der Waals surface area contributed by atoms with Crippen molar-refractivity contribution in [1.29, 1.82) is 0 Å². The van der Waals surface area contributed by atoms with E-state index >= 15 is 0 Å². The normalized spacial score (nSPS) is 10.2. The van der Waals surface area contributed by atoms with E-state index in [0.29, 0.717) is 23.8 Å². The number of hydrogen-bond acceptors (Lipinski definition) is 5. The average molecular weight is 232 g/mol. The Balaban J connectivity index is 2.09. The molecule has 3 N–H and O–H groups in total. The standard InChI is InChI=1S/C10H12N6O/c1-16(5-9-13-6-14-15-9)10(17)8-4-7(11)2-3-12-8/h2-4,6H,5H2,1H3,(H2,11,12)(H,13,14,15). The molecule has 17 heavy (non-hydrogen) atoms. The molecule has 0 fully saturated rings. The second-order valence-corrected chi connectivity index (χ2v) is 3.57. The summed E-state index contributed by atoms with van der Waals surface area (Å²) in [5.41, 5.74) is 6.42. The lowest BCUT2D eigenvalue weighted by Gasteiger charge is -2.14. The lowest BCUT2D eigenvalue weighted by atomic mass is 10.3. The number of aromatic amines is 1. The molecular formula is C10H12N6O. The van der Waals surface area contributed by atoms with Crippen LogP contribution in [0.2, 0.25) is 0 Å². The molecule has 1 amide bonds. The second-order valence-electron chi connectivity index (χ2n) is 3.57. The molecule has 0 aliphatic rings. The molecule has 0 aliphatic heterocycles. The van der Waals surface area contributed by atoms with Crippen molar-refractivity contribution >= 4 is 11.6 Å². The first-order chi connectivity index (χ1) is 8.16. The van der Waals surface area contributed by atoms with Crippen LogP contribution in [0.3, 0.4) is 0 Å². The number of nitrogens with one attached hydrogen (secondary N) is 1. The quantitative estimate of drug-likeness (QED) is 0.778. The average Bonchev–Trinajstić information content (AvgIpc) is 2.80. The van der Waals surface area contributed by atoms with E-state index in [0.717, 1.165) is 0 Å². The van der Waals surface area contributed by atoms with Crippen LogP contribution in [0.25, 0.3) is 0 Å². The Hall–Kier alpha value is -2.44. The molecule has 7 heteroatoms. The fourth-order valence-corrected chi connectivity index (χ4v) is 1.36. The van der Waals surface area contributed by atoms with Crippen molar-refractivity contribution in [3.05, 3.63) is 36.2 Å². The van der Waals surface area contributed by atoms with Crippen LogP contribution in [0.1, 0.15) is 16.3 Å². The summed E-state index contributed by atoms with van der Waals surface area (Å²) < 4.78 is 0. The number of anilines is 1. The molecule has 0 bridgehead atoms. The Bertz CT molecular complexity index is 509. The summed E-state index contributed by atoms with van der Waals surface area (Å²) in [5.74, 6) is 0.401. The largest absolute Gasteiger partial charge is 0.399 e. The van der Waals surface area contributed by atoms with Crippen LogP contribution in [0, 0.1) is 0 Å². The predicted molar refractivity (Wildman–Crippen MR) is 60.8 cm³/mol. The van der Waals surface area contributed by atoms with Crippen molar-refractivity contribution in [3.63, 3.8) is 0 Å². The highest BCUT2D eigenvalue weighted by molar-refractivity contribution is 5.92. The molecule has 2 heterocycles. The van der Waals surface area contributed by atoms with E-state index in [1.54, 1.807) is 19.2 Å². The summed E-state index contributed by atoms with van der Waals surface area (Å²) >= 11 is 0. The SMILES string of the molecule is CN(Cc1ncn[nH]1)C(=O)c1cc(N)ccn1. The molecule has 0 saturated carbocycles. The highest BCUT2D eigenvalue weighted by atomic mass is 16.2. The minimum atomic E-state index is -0.214. The molecule has 2 aromatic rings. The number of nitrogen functional groups attached to an aromatic ring is 1. The van der Waals surface area contributed by atoms with Crippen molar-refractivity contribution < 1.29 is 4.79 Å². The second kappa shape index (κ2) is 4.60. The summed E-state index contributed by atoms with van der Waals surface area (Å²) in [7, 11) is 1.66. The van der Waals surface area contributed by atoms with Gasteiger partial charge in [-0.05, 0) is 12.1 Å². The van der Waals surface area contributed by atoms with Gasteiger partial charge < -0.3 is 10.6 Å². The highest BCUT2D eigenvalue weighted by Gasteiger charge is 2.14. The van der Waals surface area contributed by atoms with Gasteiger partial charge in [-0.15, -0.1) is 0 Å². The zero-order valence-electron chi connectivity index (χ0n) is 9.29. The molecule has 0 radical (unpaired) electrons. The lowest BCUT2D eigenvalue weighted by molar-refractivity contribution is 0.0776. The van der Waals surface area contributed by atoms with Crippen molar-refractivity contribution in [2.75, 3.05) is 12.8 Å². The van der Waals surface area contributed by atoms with Crippen LogP contribution in [-0.2, 0) is 6.54 Å². The van der Waals surface area contributed by atoms with Gasteiger partial charge in [-0.2, -0.15) is 5.10 Å². The molecule has 0 aromatic carbocycles. The molecule has 0 unspecified atom stereocenters. The van der Waals surface area contributed by atoms with Gasteiger partial charge in [0, 0.05) is 18.9 Å². The van der Waals surface area contributed by atoms with Gasteiger partial charge in [0.1, 0.15) is 17.8 Å². The van der Waals surface area contributed by atoms with Crippen molar-refractivity contribution in [1.82, 2.24) is 25.1 Å². The third-order valence-corrected chi connectivity index (χ3v) is 2.20. The van der Waals surface area contributed by atoms with Crippen molar-refractivity contribution in [2.24, 2.45) is 0 Å². The van der Waals surface area contributed by atoms with E-state index in [2.05, 4.69) is 20.2 Å². The zero-order valence-corrected chi connectivity index (χ0v) is 9.29. The van der Waals surface area contributed by atoms with Crippen LogP contribution in [-0.4, -0.2) is 38.0 Å². The number of carbonyl (C=O) groups is 1. The number of carbonyl (C=O) groups excluding carboxylic acids is 1. The maximum Gasteiger partial charge on any atom is 0.272 e. The molecule has 88 valence electrons. The Morgan fingerprint density at radius 3 is 3.00 bits per heavy atom. The van der Waals surface area contributed by atoms with Crippen LogP contribution in [0.15, 0.2) is 24.7 Å². The molecule has 7 nitrogen and oxygen atoms in total. The van der Waals surface area contributed by atoms with E-state index in [-0.39, 0.29) is 5.91 Å². The Labute approximate surface area is 97.7 Å². The lowest BCUT2D eigenvalue weighted by Crippen LogP contribution is -2.27. The molecule has 2 rings (SSSR count). The van der Waals surface area contributed by atoms with Gasteiger partial charge in [0.15, 0.2) is 0 Å². The molecule has 0 spiro atoms. The van der Waals surface area contributed by atoms with Gasteiger partial charge >= 0.3 is 0 Å². The van der Waals surface area contributed by atoms with Gasteiger partial charge in [-0.25, -0.2) is 4.98 Å². The fraction of sp³-hybridized carbons (Fsp3) is 0.200. The maximum absolute atomic E-state index is 12.0. The van der Waals surface area contributed by atoms with Gasteiger partial charge in [0.25, 0.3) is 5.91 Å². The highest BCUT2D eigenvalue weighted by Crippen LogP contribution is 2.06. The molecule has 2 aromatic heterocycles. The molecular weight excluding hydrogens is 220 g/mol. The predicted octanol–water partition coefficient (Wildman–Crippen LogP) is 0.0541. The Kier molecular flexibility index (Phi) is 2.99. The molecule has 0 atom stereocenters. The smallest absolute Gasteiger partial charge is 0.272 e. The fourth-order valence-electron chi connectivity index (χ4n) is 1.36. The van der Waals surface area contributed by atoms with E-state index in [9.17, 15) is 4.79 Å². The Morgan fingerprint density at radius 2 is 2.35 bits per heavy atom. The van der Waals surface area contributed by atoms with Crippen molar-refractivity contribution in [2.45, 2.75) is 6.54 Å². The number of H-pyrrole nitrogens is 1. The van der Waals surface area contributed by atoms with Crippen LogP contribution >= 0.6 is 0 Å². The van der Waals surface area contributed by atoms with Gasteiger partial charge in [-0.1, -0.05) is 0 Å². The summed E-state index contributed by atoms with van der Waals surface area (Å²) in [6.45, 7) is 0.343. The third-order valence-electron chi connectivity index (χ3n) is 2.20.